The summed E-state index contributed by atoms with van der Waals surface area (Å²) < 4.78 is 7.10. The SMILES string of the molecule is CCc1cc(N2CCCC2C(=O)N2CCOCC2)n2ncnc2n1. The molecule has 0 radical (unpaired) electrons. The van der Waals surface area contributed by atoms with Crippen LogP contribution in [-0.4, -0.2) is 69.3 Å². The molecule has 4 heterocycles. The normalized spacial score (nSPS) is 21.6. The van der Waals surface area contributed by atoms with E-state index in [0.29, 0.717) is 32.1 Å². The molecule has 128 valence electrons. The number of aromatic nitrogens is 4. The van der Waals surface area contributed by atoms with Crippen LogP contribution >= 0.6 is 0 Å². The highest BCUT2D eigenvalue weighted by Gasteiger charge is 2.35. The average Bonchev–Trinajstić information content (AvgIpc) is 3.30. The van der Waals surface area contributed by atoms with Gasteiger partial charge in [-0.3, -0.25) is 4.79 Å². The van der Waals surface area contributed by atoms with Gasteiger partial charge in [0.1, 0.15) is 18.2 Å². The van der Waals surface area contributed by atoms with Gasteiger partial charge in [0, 0.05) is 31.4 Å². The van der Waals surface area contributed by atoms with Crippen LogP contribution in [-0.2, 0) is 16.0 Å². The summed E-state index contributed by atoms with van der Waals surface area (Å²) in [5.74, 6) is 1.70. The summed E-state index contributed by atoms with van der Waals surface area (Å²) in [5.41, 5.74) is 0.968. The monoisotopic (exact) mass is 330 g/mol. The molecule has 2 aliphatic heterocycles. The second-order valence-corrected chi connectivity index (χ2v) is 6.22. The molecule has 8 heteroatoms. The molecule has 0 saturated carbocycles. The lowest BCUT2D eigenvalue weighted by Crippen LogP contribution is -2.50. The van der Waals surface area contributed by atoms with Gasteiger partial charge in [-0.15, -0.1) is 0 Å². The van der Waals surface area contributed by atoms with Gasteiger partial charge in [0.2, 0.25) is 5.91 Å². The molecule has 2 aromatic heterocycles. The molecule has 0 spiro atoms. The summed E-state index contributed by atoms with van der Waals surface area (Å²) in [6.07, 6.45) is 4.21. The fourth-order valence-corrected chi connectivity index (χ4v) is 3.52. The predicted molar refractivity (Wildman–Crippen MR) is 87.9 cm³/mol. The number of anilines is 1. The summed E-state index contributed by atoms with van der Waals surface area (Å²) in [4.78, 5) is 25.8. The number of carbonyl (C=O) groups excluding carboxylic acids is 1. The van der Waals surface area contributed by atoms with Crippen LogP contribution in [0.2, 0.25) is 0 Å². The van der Waals surface area contributed by atoms with Crippen molar-refractivity contribution in [2.24, 2.45) is 0 Å². The Balaban J connectivity index is 1.67. The minimum absolute atomic E-state index is 0.136. The molecule has 24 heavy (non-hydrogen) atoms. The number of hydrogen-bond donors (Lipinski definition) is 0. The molecule has 0 aliphatic carbocycles. The molecule has 2 aromatic rings. The van der Waals surface area contributed by atoms with E-state index in [1.165, 1.54) is 6.33 Å². The number of fused-ring (bicyclic) bond motifs is 1. The maximum atomic E-state index is 13.0. The van der Waals surface area contributed by atoms with E-state index in [1.54, 1.807) is 4.52 Å². The van der Waals surface area contributed by atoms with Gasteiger partial charge in [0.25, 0.3) is 5.78 Å². The number of carbonyl (C=O) groups is 1. The Bertz CT molecular complexity index is 739. The molecule has 2 aliphatic rings. The van der Waals surface area contributed by atoms with Gasteiger partial charge in [0.15, 0.2) is 0 Å². The molecule has 0 bridgehead atoms. The highest BCUT2D eigenvalue weighted by atomic mass is 16.5. The zero-order valence-corrected chi connectivity index (χ0v) is 13.9. The van der Waals surface area contributed by atoms with Crippen LogP contribution in [0.25, 0.3) is 5.78 Å². The van der Waals surface area contributed by atoms with Crippen molar-refractivity contribution < 1.29 is 9.53 Å². The van der Waals surface area contributed by atoms with E-state index in [2.05, 4.69) is 26.9 Å². The van der Waals surface area contributed by atoms with Gasteiger partial charge >= 0.3 is 0 Å². The summed E-state index contributed by atoms with van der Waals surface area (Å²) in [6, 6.07) is 1.90. The highest BCUT2D eigenvalue weighted by Crippen LogP contribution is 2.27. The summed E-state index contributed by atoms with van der Waals surface area (Å²) >= 11 is 0. The van der Waals surface area contributed by atoms with Crippen molar-refractivity contribution in [3.63, 3.8) is 0 Å². The van der Waals surface area contributed by atoms with Gasteiger partial charge in [-0.05, 0) is 19.3 Å². The molecule has 2 fully saturated rings. The van der Waals surface area contributed by atoms with Gasteiger partial charge in [-0.1, -0.05) is 6.92 Å². The van der Waals surface area contributed by atoms with Gasteiger partial charge in [-0.25, -0.2) is 4.98 Å². The third-order valence-corrected chi connectivity index (χ3v) is 4.80. The summed E-state index contributed by atoms with van der Waals surface area (Å²) in [7, 11) is 0. The lowest BCUT2D eigenvalue weighted by Gasteiger charge is -2.33. The Hall–Kier alpha value is -2.22. The van der Waals surface area contributed by atoms with Crippen molar-refractivity contribution in [1.82, 2.24) is 24.5 Å². The van der Waals surface area contributed by atoms with Gasteiger partial charge in [-0.2, -0.15) is 14.6 Å². The number of amides is 1. The molecular weight excluding hydrogens is 308 g/mol. The Kier molecular flexibility index (Phi) is 4.05. The number of hydrogen-bond acceptors (Lipinski definition) is 6. The summed E-state index contributed by atoms with van der Waals surface area (Å²) in [5, 5.41) is 4.30. The van der Waals surface area contributed by atoms with Crippen LogP contribution in [0, 0.1) is 0 Å². The van der Waals surface area contributed by atoms with Crippen LogP contribution in [0.3, 0.4) is 0 Å². The lowest BCUT2D eigenvalue weighted by molar-refractivity contribution is -0.136. The Labute approximate surface area is 140 Å². The first-order valence-electron chi connectivity index (χ1n) is 8.60. The van der Waals surface area contributed by atoms with E-state index in [1.807, 2.05) is 11.0 Å². The smallest absolute Gasteiger partial charge is 0.254 e. The Morgan fingerprint density at radius 2 is 2.17 bits per heavy atom. The molecule has 1 atom stereocenters. The van der Waals surface area contributed by atoms with E-state index in [4.69, 9.17) is 4.74 Å². The maximum absolute atomic E-state index is 13.0. The Morgan fingerprint density at radius 3 is 2.96 bits per heavy atom. The number of nitrogens with zero attached hydrogens (tertiary/aromatic N) is 6. The van der Waals surface area contributed by atoms with E-state index in [0.717, 1.165) is 37.3 Å². The molecule has 2 saturated heterocycles. The number of rotatable bonds is 3. The van der Waals surface area contributed by atoms with E-state index in [-0.39, 0.29) is 11.9 Å². The molecule has 0 N–H and O–H groups in total. The van der Waals surface area contributed by atoms with Crippen molar-refractivity contribution in [2.45, 2.75) is 32.2 Å². The van der Waals surface area contributed by atoms with Gasteiger partial charge in [0.05, 0.1) is 13.2 Å². The lowest BCUT2D eigenvalue weighted by atomic mass is 10.2. The minimum atomic E-state index is -0.136. The van der Waals surface area contributed by atoms with Crippen LogP contribution < -0.4 is 4.90 Å². The zero-order valence-electron chi connectivity index (χ0n) is 13.9. The van der Waals surface area contributed by atoms with E-state index in [9.17, 15) is 4.79 Å². The average molecular weight is 330 g/mol. The van der Waals surface area contributed by atoms with Crippen molar-refractivity contribution >= 4 is 17.5 Å². The number of ether oxygens (including phenoxy) is 1. The number of aryl methyl sites for hydroxylation is 1. The summed E-state index contributed by atoms with van der Waals surface area (Å²) in [6.45, 7) is 5.53. The third-order valence-electron chi connectivity index (χ3n) is 4.80. The van der Waals surface area contributed by atoms with Crippen molar-refractivity contribution in [1.29, 1.82) is 0 Å². The molecule has 4 rings (SSSR count). The van der Waals surface area contributed by atoms with Crippen LogP contribution in [0.5, 0.6) is 0 Å². The molecule has 1 amide bonds. The topological polar surface area (TPSA) is 75.9 Å². The van der Waals surface area contributed by atoms with E-state index >= 15 is 0 Å². The molecule has 8 nitrogen and oxygen atoms in total. The highest BCUT2D eigenvalue weighted by molar-refractivity contribution is 5.86. The van der Waals surface area contributed by atoms with Crippen molar-refractivity contribution in [3.8, 4) is 0 Å². The van der Waals surface area contributed by atoms with E-state index < -0.39 is 0 Å². The standard InChI is InChI=1S/C16H22N6O2/c1-2-12-10-14(22-16(19-12)17-11-18-22)21-5-3-4-13(21)15(23)20-6-8-24-9-7-20/h10-11,13H,2-9H2,1H3. The second kappa shape index (κ2) is 6.35. The first-order valence-corrected chi connectivity index (χ1v) is 8.60. The first-order chi connectivity index (χ1) is 11.8. The largest absolute Gasteiger partial charge is 0.378 e. The third kappa shape index (κ3) is 2.60. The predicted octanol–water partition coefficient (Wildman–Crippen LogP) is 0.514. The number of morpholine rings is 1. The molecule has 1 unspecified atom stereocenters. The molecular formula is C16H22N6O2. The quantitative estimate of drug-likeness (QED) is 0.816. The zero-order chi connectivity index (χ0) is 16.5. The first kappa shape index (κ1) is 15.3. The Morgan fingerprint density at radius 1 is 1.33 bits per heavy atom. The second-order valence-electron chi connectivity index (χ2n) is 6.22. The fraction of sp³-hybridized carbons (Fsp3) is 0.625. The van der Waals surface area contributed by atoms with Crippen molar-refractivity contribution in [3.05, 3.63) is 18.1 Å². The van der Waals surface area contributed by atoms with Crippen molar-refractivity contribution in [2.75, 3.05) is 37.7 Å². The minimum Gasteiger partial charge on any atom is -0.378 e. The van der Waals surface area contributed by atoms with Gasteiger partial charge < -0.3 is 14.5 Å². The molecule has 0 aromatic carbocycles. The van der Waals surface area contributed by atoms with Crippen LogP contribution in [0.15, 0.2) is 12.4 Å². The maximum Gasteiger partial charge on any atom is 0.254 e. The fourth-order valence-electron chi connectivity index (χ4n) is 3.52. The van der Waals surface area contributed by atoms with Crippen LogP contribution in [0.1, 0.15) is 25.5 Å². The van der Waals surface area contributed by atoms with Crippen LogP contribution in [0.4, 0.5) is 5.82 Å².